The Morgan fingerprint density at radius 1 is 1.20 bits per heavy atom. The Morgan fingerprint density at radius 2 is 2.00 bits per heavy atom. The Morgan fingerprint density at radius 3 is 2.77 bits per heavy atom. The molecule has 4 heterocycles. The molecule has 0 saturated carbocycles. The van der Waals surface area contributed by atoms with Crippen LogP contribution >= 0.6 is 22.9 Å². The van der Waals surface area contributed by atoms with Crippen molar-refractivity contribution in [2.75, 3.05) is 0 Å². The Labute approximate surface area is 178 Å². The van der Waals surface area contributed by atoms with E-state index in [1.807, 2.05) is 18.2 Å². The van der Waals surface area contributed by atoms with E-state index < -0.39 is 11.7 Å². The molecular formula is C20H12ClN5O3S. The monoisotopic (exact) mass is 437 g/mol. The zero-order valence-corrected chi connectivity index (χ0v) is 16.8. The van der Waals surface area contributed by atoms with E-state index in [9.17, 15) is 9.90 Å². The van der Waals surface area contributed by atoms with E-state index in [1.165, 1.54) is 15.7 Å². The fourth-order valence-electron chi connectivity index (χ4n) is 3.18. The molecule has 0 N–H and O–H groups in total. The maximum Gasteiger partial charge on any atom is 0.303 e. The van der Waals surface area contributed by atoms with E-state index in [-0.39, 0.29) is 24.0 Å². The summed E-state index contributed by atoms with van der Waals surface area (Å²) in [5, 5.41) is 16.9. The van der Waals surface area contributed by atoms with Crippen LogP contribution in [0.4, 0.5) is 0 Å². The van der Waals surface area contributed by atoms with E-state index in [1.54, 1.807) is 47.3 Å². The summed E-state index contributed by atoms with van der Waals surface area (Å²) in [7, 11) is 0. The van der Waals surface area contributed by atoms with Crippen molar-refractivity contribution in [2.24, 2.45) is 0 Å². The van der Waals surface area contributed by atoms with Crippen molar-refractivity contribution >= 4 is 34.4 Å². The lowest BCUT2D eigenvalue weighted by molar-refractivity contribution is -0.582. The Hall–Kier alpha value is -3.56. The number of halogens is 1. The van der Waals surface area contributed by atoms with Gasteiger partial charge in [0.05, 0.1) is 11.1 Å². The van der Waals surface area contributed by atoms with E-state index in [0.717, 1.165) is 4.88 Å². The summed E-state index contributed by atoms with van der Waals surface area (Å²) in [6, 6.07) is 14.4. The Kier molecular flexibility index (Phi) is 4.53. The van der Waals surface area contributed by atoms with E-state index >= 15 is 0 Å². The van der Waals surface area contributed by atoms with Gasteiger partial charge < -0.3 is 9.63 Å². The fourth-order valence-corrected chi connectivity index (χ4v) is 4.15. The van der Waals surface area contributed by atoms with Crippen LogP contribution in [0.1, 0.15) is 21.3 Å². The van der Waals surface area contributed by atoms with Gasteiger partial charge in [-0.25, -0.2) is 14.0 Å². The van der Waals surface area contributed by atoms with Crippen LogP contribution in [0.3, 0.4) is 0 Å². The van der Waals surface area contributed by atoms with Crippen LogP contribution in [0.25, 0.3) is 17.0 Å². The number of hydrogen-bond donors (Lipinski definition) is 0. The molecule has 0 spiro atoms. The van der Waals surface area contributed by atoms with Crippen LogP contribution < -0.4 is 9.51 Å². The lowest BCUT2D eigenvalue weighted by Gasteiger charge is -2.02. The minimum absolute atomic E-state index is 0.0750. The molecular weight excluding hydrogens is 426 g/mol. The van der Waals surface area contributed by atoms with Crippen molar-refractivity contribution in [2.45, 2.75) is 6.54 Å². The number of imidazole rings is 1. The molecule has 1 aromatic carbocycles. The van der Waals surface area contributed by atoms with Crippen molar-refractivity contribution in [3.63, 3.8) is 0 Å². The number of aromatic nitrogens is 5. The van der Waals surface area contributed by atoms with E-state index in [4.69, 9.17) is 16.1 Å². The summed E-state index contributed by atoms with van der Waals surface area (Å²) < 4.78 is 8.59. The van der Waals surface area contributed by atoms with Gasteiger partial charge in [-0.15, -0.1) is 11.3 Å². The molecule has 0 atom stereocenters. The van der Waals surface area contributed by atoms with Gasteiger partial charge in [0.2, 0.25) is 11.5 Å². The molecule has 5 aromatic rings. The third-order valence-electron chi connectivity index (χ3n) is 4.51. The zero-order valence-electron chi connectivity index (χ0n) is 15.2. The Balaban J connectivity index is 1.61. The third kappa shape index (κ3) is 3.14. The maximum atomic E-state index is 13.2. The quantitative estimate of drug-likeness (QED) is 0.309. The second-order valence-corrected chi connectivity index (χ2v) is 8.06. The van der Waals surface area contributed by atoms with Gasteiger partial charge in [0.1, 0.15) is 12.4 Å². The number of pyridine rings is 1. The number of hydrogen-bond acceptors (Lipinski definition) is 7. The lowest BCUT2D eigenvalue weighted by atomic mass is 10.2. The number of carbonyl (C=O) groups excluding carboxylic acids is 1. The van der Waals surface area contributed by atoms with Gasteiger partial charge in [0.15, 0.2) is 4.47 Å². The summed E-state index contributed by atoms with van der Waals surface area (Å²) in [4.78, 5) is 22.3. The van der Waals surface area contributed by atoms with Crippen LogP contribution in [0, 0.1) is 0 Å². The van der Waals surface area contributed by atoms with E-state index in [2.05, 4.69) is 15.1 Å². The van der Waals surface area contributed by atoms with Crippen molar-refractivity contribution in [1.82, 2.24) is 19.7 Å². The molecule has 30 heavy (non-hydrogen) atoms. The number of benzene rings is 1. The molecule has 0 radical (unpaired) electrons. The third-order valence-corrected chi connectivity index (χ3v) is 5.61. The topological polar surface area (TPSA) is 101 Å². The summed E-state index contributed by atoms with van der Waals surface area (Å²) >= 11 is 7.22. The van der Waals surface area contributed by atoms with Crippen LogP contribution in [0.15, 0.2) is 65.4 Å². The summed E-state index contributed by atoms with van der Waals surface area (Å²) in [6.07, 6.45) is 3.22. The smallest absolute Gasteiger partial charge is 0.303 e. The first kappa shape index (κ1) is 18.5. The fraction of sp³-hybridized carbons (Fsp3) is 0.0500. The largest absolute Gasteiger partial charge is 0.839 e. The number of rotatable bonds is 5. The number of nitrogens with zero attached hydrogens (tertiary/aromatic N) is 5. The Bertz CT molecular complexity index is 1380. The van der Waals surface area contributed by atoms with Crippen LogP contribution in [0.2, 0.25) is 4.47 Å². The molecule has 0 bridgehead atoms. The number of ketones is 1. The molecule has 0 aliphatic heterocycles. The van der Waals surface area contributed by atoms with Gasteiger partial charge in [-0.1, -0.05) is 53.2 Å². The highest BCUT2D eigenvalue weighted by Crippen LogP contribution is 2.25. The summed E-state index contributed by atoms with van der Waals surface area (Å²) in [5.41, 5.74) is 1.18. The highest BCUT2D eigenvalue weighted by atomic mass is 35.5. The molecule has 0 fully saturated rings. The van der Waals surface area contributed by atoms with Gasteiger partial charge in [-0.3, -0.25) is 4.79 Å². The van der Waals surface area contributed by atoms with Gasteiger partial charge in [0.25, 0.3) is 11.4 Å². The number of fused-ring (bicyclic) bond motifs is 1. The van der Waals surface area contributed by atoms with Gasteiger partial charge >= 0.3 is 5.89 Å². The predicted octanol–water partition coefficient (Wildman–Crippen LogP) is 2.74. The molecule has 148 valence electrons. The first-order valence-electron chi connectivity index (χ1n) is 8.86. The van der Waals surface area contributed by atoms with Crippen molar-refractivity contribution < 1.29 is 18.8 Å². The molecule has 10 heteroatoms. The second kappa shape index (κ2) is 7.36. The molecule has 0 aliphatic carbocycles. The molecule has 0 aliphatic rings. The predicted molar refractivity (Wildman–Crippen MR) is 106 cm³/mol. The molecule has 0 saturated heterocycles. The van der Waals surface area contributed by atoms with Crippen LogP contribution in [0.5, 0.6) is 5.88 Å². The first-order chi connectivity index (χ1) is 14.6. The number of thiazole rings is 1. The summed E-state index contributed by atoms with van der Waals surface area (Å²) in [6.45, 7) is 0.251. The van der Waals surface area contributed by atoms with Gasteiger partial charge in [-0.2, -0.15) is 4.98 Å². The van der Waals surface area contributed by atoms with Crippen molar-refractivity contribution in [3.8, 4) is 17.3 Å². The van der Waals surface area contributed by atoms with Crippen LogP contribution in [-0.4, -0.2) is 25.5 Å². The van der Waals surface area contributed by atoms with Crippen molar-refractivity contribution in [1.29, 1.82) is 0 Å². The average Bonchev–Trinajstić information content (AvgIpc) is 3.48. The minimum Gasteiger partial charge on any atom is -0.839 e. The van der Waals surface area contributed by atoms with Gasteiger partial charge in [0, 0.05) is 17.8 Å². The highest BCUT2D eigenvalue weighted by Gasteiger charge is 2.31. The highest BCUT2D eigenvalue weighted by molar-refractivity contribution is 7.15. The molecule has 8 nitrogen and oxygen atoms in total. The zero-order chi connectivity index (χ0) is 20.7. The second-order valence-electron chi connectivity index (χ2n) is 6.37. The normalized spacial score (nSPS) is 11.2. The minimum atomic E-state index is -0.644. The number of carbonyl (C=O) groups is 1. The van der Waals surface area contributed by atoms with Crippen molar-refractivity contribution in [3.05, 3.63) is 81.9 Å². The van der Waals surface area contributed by atoms with E-state index in [0.29, 0.717) is 15.7 Å². The molecule has 0 amide bonds. The lowest BCUT2D eigenvalue weighted by Crippen LogP contribution is -2.24. The first-order valence-corrected chi connectivity index (χ1v) is 10.0. The molecule has 4 aromatic heterocycles. The molecule has 0 unspecified atom stereocenters. The average molecular weight is 438 g/mol. The maximum absolute atomic E-state index is 13.2. The van der Waals surface area contributed by atoms with Crippen LogP contribution in [-0.2, 0) is 6.54 Å². The van der Waals surface area contributed by atoms with Gasteiger partial charge in [-0.05, 0) is 6.07 Å². The standard InChI is InChI=1S/C20H12ClN5O3S/c21-20-22-10-13(30-20)11-26-14-8-4-5-9-25(14)19(28)15(26)16(27)18-23-17(24-29-18)12-6-2-1-3-7-12/h1-10H,11H2. The summed E-state index contributed by atoms with van der Waals surface area (Å²) in [5.74, 6) is -1.09. The molecule has 5 rings (SSSR count). The SMILES string of the molecule is O=C(c1nc(-c2ccccc2)no1)c1c([O-])[n+]2ccccc2n1Cc1cnc(Cl)s1.